The van der Waals surface area contributed by atoms with Gasteiger partial charge in [0.05, 0.1) is 0 Å². The van der Waals surface area contributed by atoms with Gasteiger partial charge in [0, 0.05) is 11.4 Å². The van der Waals surface area contributed by atoms with E-state index in [9.17, 15) is 0 Å². The van der Waals surface area contributed by atoms with Gasteiger partial charge >= 0.3 is 0 Å². The highest BCUT2D eigenvalue weighted by Gasteiger charge is 2.35. The molecule has 0 atom stereocenters. The van der Waals surface area contributed by atoms with Crippen LogP contribution in [-0.2, 0) is 10.6 Å². The van der Waals surface area contributed by atoms with Gasteiger partial charge in [-0.3, -0.25) is 4.98 Å². The Balaban J connectivity index is 3.29. The van der Waals surface area contributed by atoms with E-state index in [1.165, 1.54) is 11.3 Å². The van der Waals surface area contributed by atoms with Crippen LogP contribution < -0.4 is 0 Å². The zero-order chi connectivity index (χ0) is 14.4. The van der Waals surface area contributed by atoms with Gasteiger partial charge in [0.25, 0.3) is 0 Å². The zero-order valence-electron chi connectivity index (χ0n) is 13.6. The van der Waals surface area contributed by atoms with Gasteiger partial charge in [-0.25, -0.2) is 0 Å². The van der Waals surface area contributed by atoms with E-state index in [1.807, 2.05) is 0 Å². The van der Waals surface area contributed by atoms with Gasteiger partial charge in [0.1, 0.15) is 15.7 Å². The molecule has 0 radical (unpaired) electrons. The van der Waals surface area contributed by atoms with Gasteiger partial charge in [-0.05, 0) is 34.6 Å². The lowest BCUT2D eigenvalue weighted by molar-refractivity contribution is 0.352. The molecule has 0 spiro atoms. The van der Waals surface area contributed by atoms with Crippen molar-refractivity contribution in [2.24, 2.45) is 5.41 Å². The third-order valence-electron chi connectivity index (χ3n) is 4.41. The molecule has 3 heteroatoms. The first kappa shape index (κ1) is 15.3. The molecule has 0 amide bonds. The van der Waals surface area contributed by atoms with Crippen molar-refractivity contribution in [2.75, 3.05) is 0 Å². The summed E-state index contributed by atoms with van der Waals surface area (Å²) in [4.78, 5) is 4.88. The maximum atomic E-state index is 4.88. The number of aryl methyl sites for hydroxylation is 1. The lowest BCUT2D eigenvalue weighted by Gasteiger charge is -2.39. The van der Waals surface area contributed by atoms with Crippen molar-refractivity contribution in [3.63, 3.8) is 0 Å². The molecule has 0 aliphatic carbocycles. The first-order valence-electron chi connectivity index (χ1n) is 6.86. The third kappa shape index (κ3) is 2.81. The minimum atomic E-state index is 0.0776. The van der Waals surface area contributed by atoms with Crippen LogP contribution in [0.15, 0.2) is 12.1 Å². The fraction of sp³-hybridized carbons (Fsp3) is 0.667. The molecule has 1 nitrogen and oxygen atoms in total. The van der Waals surface area contributed by atoms with Crippen molar-refractivity contribution in [3.8, 4) is 0 Å². The molecule has 0 bridgehead atoms. The molecule has 18 heavy (non-hydrogen) atoms. The van der Waals surface area contributed by atoms with E-state index in [-0.39, 0.29) is 16.0 Å². The summed E-state index contributed by atoms with van der Waals surface area (Å²) in [6, 6.07) is 4.46. The number of hydrogen-bond donors (Lipinski definition) is 0. The van der Waals surface area contributed by atoms with E-state index in [0.29, 0.717) is 0 Å². The molecule has 0 unspecified atom stereocenters. The quantitative estimate of drug-likeness (QED) is 0.688. The van der Waals surface area contributed by atoms with Crippen molar-refractivity contribution in [3.05, 3.63) is 29.1 Å². The topological polar surface area (TPSA) is 12.9 Å². The predicted octanol–water partition coefficient (Wildman–Crippen LogP) is 2.15. The molecule has 0 fully saturated rings. The van der Waals surface area contributed by atoms with E-state index in [1.54, 1.807) is 0 Å². The maximum absolute atomic E-state index is 4.88. The van der Waals surface area contributed by atoms with Crippen LogP contribution in [0.1, 0.15) is 58.5 Å². The van der Waals surface area contributed by atoms with Gasteiger partial charge in [-0.2, -0.15) is 0 Å². The van der Waals surface area contributed by atoms with Crippen LogP contribution in [0.2, 0.25) is 0 Å². The summed E-state index contributed by atoms with van der Waals surface area (Å²) < 4.78 is 0. The van der Waals surface area contributed by atoms with Gasteiger partial charge < -0.3 is 0 Å². The minimum Gasteiger partial charge on any atom is -0.259 e. The molecule has 1 aromatic rings. The molecule has 98 valence electrons. The fourth-order valence-corrected chi connectivity index (χ4v) is 2.09. The Morgan fingerprint density at radius 1 is 0.944 bits per heavy atom. The summed E-state index contributed by atoms with van der Waals surface area (Å²) in [6.07, 6.45) is 0. The standard InChI is InChI=1S/C15H27B2N/c1-10-11(13(2,3)4)8-9-12(18-10)15(16,17)14(5,6)7/h8-9H,16-17H2,1-7H3. The first-order valence-corrected chi connectivity index (χ1v) is 6.86. The summed E-state index contributed by atoms with van der Waals surface area (Å²) in [7, 11) is 4.57. The average Bonchev–Trinajstić information content (AvgIpc) is 2.13. The summed E-state index contributed by atoms with van der Waals surface area (Å²) in [6.45, 7) is 15.7. The second kappa shape index (κ2) is 4.43. The lowest BCUT2D eigenvalue weighted by atomic mass is 9.42. The SMILES string of the molecule is BC(B)(c1ccc(C(C)(C)C)c(C)n1)C(C)(C)C. The van der Waals surface area contributed by atoms with E-state index in [0.717, 1.165) is 5.69 Å². The molecule has 0 aliphatic heterocycles. The van der Waals surface area contributed by atoms with Crippen LogP contribution in [0.25, 0.3) is 0 Å². The van der Waals surface area contributed by atoms with Gasteiger partial charge in [0.2, 0.25) is 0 Å². The Morgan fingerprint density at radius 3 is 1.78 bits per heavy atom. The number of aromatic nitrogens is 1. The largest absolute Gasteiger partial charge is 0.259 e. The Kier molecular flexibility index (Phi) is 3.78. The molecule has 0 saturated carbocycles. The molecule has 1 rings (SSSR count). The Hall–Kier alpha value is -0.720. The molecule has 0 aliphatic rings. The number of pyridine rings is 1. The highest BCUT2D eigenvalue weighted by molar-refractivity contribution is 6.40. The number of hydrogen-bond acceptors (Lipinski definition) is 1. The minimum absolute atomic E-state index is 0.0776. The average molecular weight is 243 g/mol. The molecule has 1 aromatic heterocycles. The van der Waals surface area contributed by atoms with Crippen LogP contribution in [0, 0.1) is 12.3 Å². The van der Waals surface area contributed by atoms with Crippen LogP contribution >= 0.6 is 0 Å². The van der Waals surface area contributed by atoms with E-state index < -0.39 is 0 Å². The Morgan fingerprint density at radius 2 is 1.44 bits per heavy atom. The summed E-state index contributed by atoms with van der Waals surface area (Å²) in [5, 5.41) is 0.0776. The molecular formula is C15H27B2N. The van der Waals surface area contributed by atoms with E-state index in [2.05, 4.69) is 76.3 Å². The summed E-state index contributed by atoms with van der Waals surface area (Å²) >= 11 is 0. The van der Waals surface area contributed by atoms with Crippen LogP contribution in [-0.4, -0.2) is 20.7 Å². The molecule has 0 N–H and O–H groups in total. The van der Waals surface area contributed by atoms with Crippen molar-refractivity contribution in [1.82, 2.24) is 4.98 Å². The van der Waals surface area contributed by atoms with E-state index >= 15 is 0 Å². The summed E-state index contributed by atoms with van der Waals surface area (Å²) in [5.74, 6) is 0. The molecule has 1 heterocycles. The zero-order valence-corrected chi connectivity index (χ0v) is 13.6. The highest BCUT2D eigenvalue weighted by Crippen LogP contribution is 2.36. The Labute approximate surface area is 115 Å². The first-order chi connectivity index (χ1) is 7.87. The van der Waals surface area contributed by atoms with Crippen LogP contribution in [0.5, 0.6) is 0 Å². The van der Waals surface area contributed by atoms with Gasteiger partial charge in [-0.1, -0.05) is 47.6 Å². The van der Waals surface area contributed by atoms with Gasteiger partial charge in [0.15, 0.2) is 0 Å². The maximum Gasteiger partial charge on any atom is 0.107 e. The third-order valence-corrected chi connectivity index (χ3v) is 4.41. The summed E-state index contributed by atoms with van der Waals surface area (Å²) in [5.41, 5.74) is 4.07. The van der Waals surface area contributed by atoms with E-state index in [4.69, 9.17) is 4.98 Å². The highest BCUT2D eigenvalue weighted by atomic mass is 14.7. The second-order valence-electron chi connectivity index (χ2n) is 7.95. The fourth-order valence-electron chi connectivity index (χ4n) is 2.09. The second-order valence-corrected chi connectivity index (χ2v) is 7.95. The van der Waals surface area contributed by atoms with Crippen molar-refractivity contribution < 1.29 is 0 Å². The number of nitrogens with zero attached hydrogens (tertiary/aromatic N) is 1. The molecule has 0 saturated heterocycles. The lowest BCUT2D eigenvalue weighted by Crippen LogP contribution is -2.42. The monoisotopic (exact) mass is 243 g/mol. The number of rotatable bonds is 1. The smallest absolute Gasteiger partial charge is 0.107 e. The van der Waals surface area contributed by atoms with Crippen LogP contribution in [0.4, 0.5) is 0 Å². The van der Waals surface area contributed by atoms with Gasteiger partial charge in [-0.15, -0.1) is 0 Å². The Bertz CT molecular complexity index is 437. The predicted molar refractivity (Wildman–Crippen MR) is 85.9 cm³/mol. The molecule has 0 aromatic carbocycles. The normalized spacial score (nSPS) is 13.7. The van der Waals surface area contributed by atoms with Crippen molar-refractivity contribution in [1.29, 1.82) is 0 Å². The van der Waals surface area contributed by atoms with Crippen molar-refractivity contribution in [2.45, 2.75) is 59.1 Å². The van der Waals surface area contributed by atoms with Crippen LogP contribution in [0.3, 0.4) is 0 Å². The van der Waals surface area contributed by atoms with Crippen molar-refractivity contribution >= 4 is 15.7 Å². The molecular weight excluding hydrogens is 216 g/mol.